The van der Waals surface area contributed by atoms with Crippen LogP contribution in [0, 0.1) is 12.7 Å². The van der Waals surface area contributed by atoms with Crippen LogP contribution in [-0.2, 0) is 0 Å². The average Bonchev–Trinajstić information content (AvgIpc) is 2.08. The summed E-state index contributed by atoms with van der Waals surface area (Å²) in [6, 6.07) is 3.43. The van der Waals surface area contributed by atoms with Crippen LogP contribution in [0.3, 0.4) is 0 Å². The van der Waals surface area contributed by atoms with E-state index in [0.29, 0.717) is 5.75 Å². The number of hydrogen-bond acceptors (Lipinski definition) is 2. The monoisotopic (exact) mass is 214 g/mol. The van der Waals surface area contributed by atoms with Gasteiger partial charge in [-0.15, -0.1) is 11.8 Å². The molecule has 78 valence electrons. The van der Waals surface area contributed by atoms with Crippen LogP contribution in [0.15, 0.2) is 17.0 Å². The van der Waals surface area contributed by atoms with E-state index in [1.807, 2.05) is 33.1 Å². The lowest BCUT2D eigenvalue weighted by molar-refractivity contribution is 0.225. The first-order valence-corrected chi connectivity index (χ1v) is 5.78. The normalized spacial score (nSPS) is 10.7. The molecule has 0 aromatic heterocycles. The number of thioether (sulfide) groups is 1. The van der Waals surface area contributed by atoms with E-state index in [1.165, 1.54) is 17.8 Å². The molecule has 3 heteroatoms. The van der Waals surface area contributed by atoms with E-state index in [1.54, 1.807) is 0 Å². The highest BCUT2D eigenvalue weighted by atomic mass is 32.2. The van der Waals surface area contributed by atoms with Crippen molar-refractivity contribution in [1.29, 1.82) is 0 Å². The van der Waals surface area contributed by atoms with Gasteiger partial charge < -0.3 is 4.74 Å². The minimum absolute atomic E-state index is 0.00175. The van der Waals surface area contributed by atoms with Crippen molar-refractivity contribution in [2.45, 2.75) is 31.8 Å². The van der Waals surface area contributed by atoms with E-state index >= 15 is 0 Å². The molecule has 0 radical (unpaired) electrons. The summed E-state index contributed by atoms with van der Waals surface area (Å²) in [7, 11) is 0. The van der Waals surface area contributed by atoms with Crippen molar-refractivity contribution in [3.63, 3.8) is 0 Å². The molecule has 14 heavy (non-hydrogen) atoms. The molecular formula is C11H15FOS. The lowest BCUT2D eigenvalue weighted by atomic mass is 10.2. The molecule has 0 bridgehead atoms. The lowest BCUT2D eigenvalue weighted by Crippen LogP contribution is -2.08. The quantitative estimate of drug-likeness (QED) is 0.710. The summed E-state index contributed by atoms with van der Waals surface area (Å²) in [5.74, 6) is 0.0983. The fourth-order valence-electron chi connectivity index (χ4n) is 1.20. The predicted octanol–water partition coefficient (Wildman–Crippen LogP) is 3.64. The summed E-state index contributed by atoms with van der Waals surface area (Å²) in [5.41, 5.74) is 0.919. The fourth-order valence-corrected chi connectivity index (χ4v) is 1.83. The number of aryl methyl sites for hydroxylation is 1. The molecule has 0 aliphatic heterocycles. The minimum atomic E-state index is -0.275. The highest BCUT2D eigenvalue weighted by molar-refractivity contribution is 7.98. The average molecular weight is 214 g/mol. The van der Waals surface area contributed by atoms with Gasteiger partial charge in [0.1, 0.15) is 0 Å². The van der Waals surface area contributed by atoms with E-state index in [-0.39, 0.29) is 11.9 Å². The minimum Gasteiger partial charge on any atom is -0.487 e. The van der Waals surface area contributed by atoms with Gasteiger partial charge in [0.05, 0.1) is 11.0 Å². The van der Waals surface area contributed by atoms with Gasteiger partial charge in [-0.05, 0) is 44.7 Å². The zero-order valence-corrected chi connectivity index (χ0v) is 9.74. The van der Waals surface area contributed by atoms with Crippen LogP contribution in [-0.4, -0.2) is 12.4 Å². The molecule has 1 rings (SSSR count). The Hall–Kier alpha value is -0.700. The number of ether oxygens (including phenoxy) is 1. The van der Waals surface area contributed by atoms with E-state index in [0.717, 1.165) is 10.5 Å². The van der Waals surface area contributed by atoms with E-state index in [9.17, 15) is 4.39 Å². The summed E-state index contributed by atoms with van der Waals surface area (Å²) in [5, 5.41) is 0. The Morgan fingerprint density at radius 3 is 2.50 bits per heavy atom. The molecule has 1 nitrogen and oxygen atoms in total. The Morgan fingerprint density at radius 2 is 2.00 bits per heavy atom. The molecule has 0 heterocycles. The lowest BCUT2D eigenvalue weighted by Gasteiger charge is -2.14. The maximum Gasteiger partial charge on any atom is 0.168 e. The summed E-state index contributed by atoms with van der Waals surface area (Å²) >= 11 is 1.50. The second-order valence-electron chi connectivity index (χ2n) is 3.44. The number of rotatable bonds is 3. The molecule has 0 spiro atoms. The van der Waals surface area contributed by atoms with E-state index in [2.05, 4.69) is 0 Å². The maximum absolute atomic E-state index is 13.5. The summed E-state index contributed by atoms with van der Waals surface area (Å²) < 4.78 is 18.9. The van der Waals surface area contributed by atoms with Crippen LogP contribution >= 0.6 is 11.8 Å². The second kappa shape index (κ2) is 4.69. The van der Waals surface area contributed by atoms with Gasteiger partial charge in [0.15, 0.2) is 11.6 Å². The molecule has 0 saturated carbocycles. The Labute approximate surface area is 88.7 Å². The number of halogens is 1. The van der Waals surface area contributed by atoms with Crippen molar-refractivity contribution in [1.82, 2.24) is 0 Å². The smallest absolute Gasteiger partial charge is 0.168 e. The van der Waals surface area contributed by atoms with E-state index < -0.39 is 0 Å². The van der Waals surface area contributed by atoms with Crippen molar-refractivity contribution >= 4 is 11.8 Å². The summed E-state index contributed by atoms with van der Waals surface area (Å²) in [6.45, 7) is 5.66. The van der Waals surface area contributed by atoms with Gasteiger partial charge in [0.25, 0.3) is 0 Å². The van der Waals surface area contributed by atoms with Gasteiger partial charge in [0.2, 0.25) is 0 Å². The molecular weight excluding hydrogens is 199 g/mol. The van der Waals surface area contributed by atoms with Crippen molar-refractivity contribution in [3.05, 3.63) is 23.5 Å². The Morgan fingerprint density at radius 1 is 1.36 bits per heavy atom. The zero-order valence-electron chi connectivity index (χ0n) is 8.93. The highest BCUT2D eigenvalue weighted by Crippen LogP contribution is 2.32. The first kappa shape index (κ1) is 11.4. The third-order valence-corrected chi connectivity index (χ3v) is 2.47. The first-order valence-electron chi connectivity index (χ1n) is 4.55. The zero-order chi connectivity index (χ0) is 10.7. The van der Waals surface area contributed by atoms with Crippen LogP contribution in [0.1, 0.15) is 19.4 Å². The third-order valence-electron chi connectivity index (χ3n) is 1.73. The molecule has 0 unspecified atom stereocenters. The van der Waals surface area contributed by atoms with Gasteiger partial charge in [-0.2, -0.15) is 0 Å². The molecule has 0 amide bonds. The molecule has 0 aliphatic carbocycles. The summed E-state index contributed by atoms with van der Waals surface area (Å²) in [4.78, 5) is 0.858. The van der Waals surface area contributed by atoms with Gasteiger partial charge in [-0.25, -0.2) is 4.39 Å². The van der Waals surface area contributed by atoms with Crippen LogP contribution in [0.25, 0.3) is 0 Å². The SMILES string of the molecule is CSc1cc(C)cc(F)c1OC(C)C. The molecule has 0 fully saturated rings. The first-order chi connectivity index (χ1) is 6.54. The van der Waals surface area contributed by atoms with E-state index in [4.69, 9.17) is 4.74 Å². The van der Waals surface area contributed by atoms with Crippen LogP contribution in [0.4, 0.5) is 4.39 Å². The maximum atomic E-state index is 13.5. The van der Waals surface area contributed by atoms with Crippen LogP contribution in [0.5, 0.6) is 5.75 Å². The van der Waals surface area contributed by atoms with Crippen molar-refractivity contribution in [2.75, 3.05) is 6.26 Å². The molecule has 0 atom stereocenters. The van der Waals surface area contributed by atoms with Crippen LogP contribution < -0.4 is 4.74 Å². The summed E-state index contributed by atoms with van der Waals surface area (Å²) in [6.07, 6.45) is 1.92. The predicted molar refractivity (Wildman–Crippen MR) is 58.7 cm³/mol. The number of hydrogen-bond donors (Lipinski definition) is 0. The third kappa shape index (κ3) is 2.64. The number of benzene rings is 1. The molecule has 1 aromatic carbocycles. The molecule has 0 saturated heterocycles. The van der Waals surface area contributed by atoms with Gasteiger partial charge in [0, 0.05) is 0 Å². The highest BCUT2D eigenvalue weighted by Gasteiger charge is 2.11. The Bertz CT molecular complexity index is 323. The van der Waals surface area contributed by atoms with Gasteiger partial charge >= 0.3 is 0 Å². The van der Waals surface area contributed by atoms with Crippen LogP contribution in [0.2, 0.25) is 0 Å². The van der Waals surface area contributed by atoms with Gasteiger partial charge in [-0.1, -0.05) is 0 Å². The fraction of sp³-hybridized carbons (Fsp3) is 0.455. The Kier molecular flexibility index (Phi) is 3.81. The second-order valence-corrected chi connectivity index (χ2v) is 4.29. The molecule has 0 aliphatic rings. The Balaban J connectivity index is 3.11. The molecule has 1 aromatic rings. The van der Waals surface area contributed by atoms with Crippen molar-refractivity contribution in [3.8, 4) is 5.75 Å². The van der Waals surface area contributed by atoms with Crippen molar-refractivity contribution < 1.29 is 9.13 Å². The largest absolute Gasteiger partial charge is 0.487 e. The topological polar surface area (TPSA) is 9.23 Å². The van der Waals surface area contributed by atoms with Gasteiger partial charge in [-0.3, -0.25) is 0 Å². The standard InChI is InChI=1S/C11H15FOS/c1-7(2)13-11-9(12)5-8(3)6-10(11)14-4/h5-7H,1-4H3. The van der Waals surface area contributed by atoms with Crippen molar-refractivity contribution in [2.24, 2.45) is 0 Å². The molecule has 0 N–H and O–H groups in total.